The van der Waals surface area contributed by atoms with E-state index in [0.29, 0.717) is 23.5 Å². The Morgan fingerprint density at radius 3 is 2.62 bits per heavy atom. The first-order valence-corrected chi connectivity index (χ1v) is 12.4. The zero-order chi connectivity index (χ0) is 25.9. The van der Waals surface area contributed by atoms with Gasteiger partial charge >= 0.3 is 0 Å². The highest BCUT2D eigenvalue weighted by Gasteiger charge is 2.30. The molecule has 0 bridgehead atoms. The molecule has 2 aliphatic heterocycles. The van der Waals surface area contributed by atoms with Crippen LogP contribution in [0.4, 0.5) is 4.39 Å². The van der Waals surface area contributed by atoms with Gasteiger partial charge in [0.25, 0.3) is 0 Å². The average molecular weight is 501 g/mol. The molecule has 7 heteroatoms. The highest BCUT2D eigenvalue weighted by molar-refractivity contribution is 5.96. The number of likely N-dealkylation sites (tertiary alicyclic amines) is 1. The minimum absolute atomic E-state index is 0.00519. The summed E-state index contributed by atoms with van der Waals surface area (Å²) >= 11 is 0. The fraction of sp³-hybridized carbons (Fsp3) is 0.300. The van der Waals surface area contributed by atoms with E-state index >= 15 is 0 Å². The SMILES string of the molecule is CC1=C(c2cc(O)cc(C#N)c2)C(c2ccc(OCCN3CCC(CF)C3)cc2)Oc2ccc(O)cc21. The van der Waals surface area contributed by atoms with Crippen molar-refractivity contribution in [2.75, 3.05) is 32.9 Å². The number of ether oxygens (including phenoxy) is 2. The molecular formula is C30H29FN2O4. The Balaban J connectivity index is 1.41. The maximum absolute atomic E-state index is 12.9. The number of alkyl halides is 1. The number of rotatable bonds is 7. The van der Waals surface area contributed by atoms with E-state index in [1.54, 1.807) is 30.3 Å². The van der Waals surface area contributed by atoms with Crippen molar-refractivity contribution < 1.29 is 24.1 Å². The second kappa shape index (κ2) is 10.5. The number of benzene rings is 3. The Morgan fingerprint density at radius 1 is 1.08 bits per heavy atom. The van der Waals surface area contributed by atoms with Crippen LogP contribution in [0.5, 0.6) is 23.0 Å². The number of fused-ring (bicyclic) bond motifs is 1. The first-order chi connectivity index (χ1) is 17.9. The predicted octanol–water partition coefficient (Wildman–Crippen LogP) is 5.70. The van der Waals surface area contributed by atoms with Crippen LogP contribution in [0, 0.1) is 17.2 Å². The molecule has 2 unspecified atom stereocenters. The number of aromatic hydroxyl groups is 2. The van der Waals surface area contributed by atoms with E-state index in [9.17, 15) is 19.9 Å². The summed E-state index contributed by atoms with van der Waals surface area (Å²) in [5.41, 5.74) is 4.34. The smallest absolute Gasteiger partial charge is 0.150 e. The standard InChI is InChI=1S/C30H29FN2O4/c1-19-27-15-24(34)4-7-28(27)37-30(29(19)23-12-21(17-32)13-25(35)14-23)22-2-5-26(6-3-22)36-11-10-33-9-8-20(16-31)18-33/h2-7,12-15,20,30,34-35H,8-11,16,18H2,1H3. The molecule has 37 heavy (non-hydrogen) atoms. The van der Waals surface area contributed by atoms with Gasteiger partial charge in [-0.25, -0.2) is 0 Å². The first-order valence-electron chi connectivity index (χ1n) is 12.4. The zero-order valence-corrected chi connectivity index (χ0v) is 20.7. The van der Waals surface area contributed by atoms with Crippen molar-refractivity contribution in [3.8, 4) is 29.1 Å². The second-order valence-corrected chi connectivity index (χ2v) is 9.62. The zero-order valence-electron chi connectivity index (χ0n) is 20.7. The first kappa shape index (κ1) is 24.7. The third kappa shape index (κ3) is 5.25. The molecular weight excluding hydrogens is 471 g/mol. The Labute approximate surface area is 215 Å². The molecule has 0 aliphatic carbocycles. The molecule has 2 heterocycles. The number of nitrogens with zero attached hydrogens (tertiary/aromatic N) is 2. The van der Waals surface area contributed by atoms with Gasteiger partial charge in [0, 0.05) is 30.1 Å². The van der Waals surface area contributed by atoms with Gasteiger partial charge in [0.1, 0.15) is 35.7 Å². The topological polar surface area (TPSA) is 86.0 Å². The quantitative estimate of drug-likeness (QED) is 0.433. The van der Waals surface area contributed by atoms with Crippen LogP contribution in [0.3, 0.4) is 0 Å². The summed E-state index contributed by atoms with van der Waals surface area (Å²) < 4.78 is 25.2. The Kier molecular flexibility index (Phi) is 7.02. The fourth-order valence-corrected chi connectivity index (χ4v) is 5.15. The van der Waals surface area contributed by atoms with E-state index in [-0.39, 0.29) is 24.1 Å². The van der Waals surface area contributed by atoms with Crippen LogP contribution in [-0.2, 0) is 0 Å². The molecule has 1 saturated heterocycles. The molecule has 2 N–H and O–H groups in total. The molecule has 0 spiro atoms. The van der Waals surface area contributed by atoms with Gasteiger partial charge in [-0.3, -0.25) is 9.29 Å². The lowest BCUT2D eigenvalue weighted by atomic mass is 9.85. The van der Waals surface area contributed by atoms with Crippen LogP contribution >= 0.6 is 0 Å². The maximum atomic E-state index is 12.9. The van der Waals surface area contributed by atoms with Crippen LogP contribution in [0.25, 0.3) is 11.1 Å². The number of phenols is 2. The summed E-state index contributed by atoms with van der Waals surface area (Å²) in [5, 5.41) is 29.8. The van der Waals surface area contributed by atoms with Crippen molar-refractivity contribution in [2.45, 2.75) is 19.4 Å². The number of nitriles is 1. The van der Waals surface area contributed by atoms with Crippen molar-refractivity contribution >= 4 is 11.1 Å². The van der Waals surface area contributed by atoms with E-state index in [4.69, 9.17) is 9.47 Å². The molecule has 2 aliphatic rings. The summed E-state index contributed by atoms with van der Waals surface area (Å²) in [6, 6.07) is 19.5. The normalized spacial score (nSPS) is 19.3. The average Bonchev–Trinajstić information content (AvgIpc) is 3.37. The minimum Gasteiger partial charge on any atom is -0.508 e. The Hall–Kier alpha value is -4.02. The minimum atomic E-state index is -0.498. The molecule has 3 aromatic carbocycles. The van der Waals surface area contributed by atoms with Gasteiger partial charge in [0.05, 0.1) is 18.3 Å². The number of phenolic OH excluding ortho intramolecular Hbond substituents is 2. The molecule has 3 aromatic rings. The lowest BCUT2D eigenvalue weighted by molar-refractivity contribution is 0.228. The second-order valence-electron chi connectivity index (χ2n) is 9.62. The van der Waals surface area contributed by atoms with Gasteiger partial charge in [-0.2, -0.15) is 5.26 Å². The highest BCUT2D eigenvalue weighted by Crippen LogP contribution is 2.48. The largest absolute Gasteiger partial charge is 0.508 e. The van der Waals surface area contributed by atoms with Gasteiger partial charge in [0.2, 0.25) is 0 Å². The molecule has 2 atom stereocenters. The third-order valence-electron chi connectivity index (χ3n) is 7.08. The monoisotopic (exact) mass is 500 g/mol. The van der Waals surface area contributed by atoms with Crippen LogP contribution in [-0.4, -0.2) is 48.0 Å². The van der Waals surface area contributed by atoms with Gasteiger partial charge in [-0.05, 0) is 85.1 Å². The summed E-state index contributed by atoms with van der Waals surface area (Å²) in [6.45, 7) is 4.67. The molecule has 0 saturated carbocycles. The van der Waals surface area contributed by atoms with Crippen molar-refractivity contribution in [3.05, 3.63) is 82.9 Å². The lowest BCUT2D eigenvalue weighted by Gasteiger charge is -2.31. The summed E-state index contributed by atoms with van der Waals surface area (Å²) in [6.07, 6.45) is 0.404. The van der Waals surface area contributed by atoms with Crippen molar-refractivity contribution in [1.29, 1.82) is 5.26 Å². The van der Waals surface area contributed by atoms with E-state index in [1.165, 1.54) is 6.07 Å². The lowest BCUT2D eigenvalue weighted by Crippen LogP contribution is -2.26. The molecule has 0 radical (unpaired) electrons. The van der Waals surface area contributed by atoms with Gasteiger partial charge in [0.15, 0.2) is 0 Å². The Bertz CT molecular complexity index is 1360. The molecule has 190 valence electrons. The number of hydrogen-bond donors (Lipinski definition) is 2. The highest BCUT2D eigenvalue weighted by atomic mass is 19.1. The molecule has 6 nitrogen and oxygen atoms in total. The fourth-order valence-electron chi connectivity index (χ4n) is 5.15. The molecule has 0 amide bonds. The summed E-state index contributed by atoms with van der Waals surface area (Å²) in [4.78, 5) is 2.23. The number of halogens is 1. The molecule has 5 rings (SSSR count). The molecule has 1 fully saturated rings. The van der Waals surface area contributed by atoms with Crippen molar-refractivity contribution in [2.24, 2.45) is 5.92 Å². The van der Waals surface area contributed by atoms with Crippen LogP contribution in [0.1, 0.15) is 41.7 Å². The third-order valence-corrected chi connectivity index (χ3v) is 7.08. The summed E-state index contributed by atoms with van der Waals surface area (Å²) in [5.74, 6) is 1.64. The van der Waals surface area contributed by atoms with Gasteiger partial charge in [-0.15, -0.1) is 0 Å². The molecule has 0 aromatic heterocycles. The van der Waals surface area contributed by atoms with Crippen LogP contribution in [0.15, 0.2) is 60.7 Å². The van der Waals surface area contributed by atoms with E-state index in [2.05, 4.69) is 11.0 Å². The van der Waals surface area contributed by atoms with Gasteiger partial charge < -0.3 is 19.7 Å². The van der Waals surface area contributed by atoms with Crippen LogP contribution < -0.4 is 9.47 Å². The van der Waals surface area contributed by atoms with E-state index in [0.717, 1.165) is 54.1 Å². The Morgan fingerprint density at radius 2 is 1.89 bits per heavy atom. The number of hydrogen-bond acceptors (Lipinski definition) is 6. The summed E-state index contributed by atoms with van der Waals surface area (Å²) in [7, 11) is 0. The van der Waals surface area contributed by atoms with Crippen molar-refractivity contribution in [3.63, 3.8) is 0 Å². The van der Waals surface area contributed by atoms with Crippen LogP contribution in [0.2, 0.25) is 0 Å². The maximum Gasteiger partial charge on any atom is 0.150 e. The predicted molar refractivity (Wildman–Crippen MR) is 139 cm³/mol. The van der Waals surface area contributed by atoms with E-state index < -0.39 is 6.10 Å². The van der Waals surface area contributed by atoms with Gasteiger partial charge in [-0.1, -0.05) is 12.1 Å². The van der Waals surface area contributed by atoms with Crippen molar-refractivity contribution in [1.82, 2.24) is 4.90 Å². The van der Waals surface area contributed by atoms with E-state index in [1.807, 2.05) is 31.2 Å². The number of allylic oxidation sites excluding steroid dienone is 1.